The highest BCUT2D eigenvalue weighted by atomic mass is 32.2. The Labute approximate surface area is 78.7 Å². The van der Waals surface area contributed by atoms with Crippen molar-refractivity contribution in [1.29, 1.82) is 0 Å². The lowest BCUT2D eigenvalue weighted by molar-refractivity contribution is -0.126. The van der Waals surface area contributed by atoms with Gasteiger partial charge in [-0.2, -0.15) is 11.8 Å². The van der Waals surface area contributed by atoms with Crippen LogP contribution in [0.3, 0.4) is 0 Å². The lowest BCUT2D eigenvalue weighted by atomic mass is 10.4. The Bertz CT molecular complexity index is 139. The summed E-state index contributed by atoms with van der Waals surface area (Å²) in [5.41, 5.74) is 5.54. The number of hydrogen-bond donors (Lipinski definition) is 1. The summed E-state index contributed by atoms with van der Waals surface area (Å²) >= 11 is 1.60. The molecule has 0 aliphatic heterocycles. The van der Waals surface area contributed by atoms with Gasteiger partial charge in [0, 0.05) is 25.4 Å². The van der Waals surface area contributed by atoms with Crippen LogP contribution in [0.2, 0.25) is 0 Å². The van der Waals surface area contributed by atoms with Crippen molar-refractivity contribution in [2.24, 2.45) is 5.73 Å². The smallest absolute Gasteiger partial charge is 0.232 e. The lowest BCUT2D eigenvalue weighted by Crippen LogP contribution is -2.28. The topological polar surface area (TPSA) is 46.3 Å². The zero-order valence-corrected chi connectivity index (χ0v) is 8.86. The van der Waals surface area contributed by atoms with Crippen LogP contribution in [0.15, 0.2) is 0 Å². The van der Waals surface area contributed by atoms with Crippen LogP contribution >= 0.6 is 11.8 Å². The Hall–Kier alpha value is -0.220. The monoisotopic (exact) mass is 190 g/mol. The van der Waals surface area contributed by atoms with E-state index in [0.29, 0.717) is 5.75 Å². The number of amides is 1. The first-order valence-corrected chi connectivity index (χ1v) is 5.30. The van der Waals surface area contributed by atoms with Crippen molar-refractivity contribution >= 4 is 17.7 Å². The van der Waals surface area contributed by atoms with Gasteiger partial charge in [-0.3, -0.25) is 4.79 Å². The Morgan fingerprint density at radius 2 is 2.25 bits per heavy atom. The molecule has 0 aromatic heterocycles. The van der Waals surface area contributed by atoms with Gasteiger partial charge in [0.2, 0.25) is 5.91 Å². The van der Waals surface area contributed by atoms with Crippen LogP contribution in [0.25, 0.3) is 0 Å². The van der Waals surface area contributed by atoms with Gasteiger partial charge in [0.25, 0.3) is 0 Å². The molecule has 0 bridgehead atoms. The van der Waals surface area contributed by atoms with Gasteiger partial charge in [-0.05, 0) is 13.8 Å². The van der Waals surface area contributed by atoms with Crippen molar-refractivity contribution in [3.05, 3.63) is 0 Å². The van der Waals surface area contributed by atoms with E-state index in [1.54, 1.807) is 16.7 Å². The van der Waals surface area contributed by atoms with Crippen LogP contribution in [0.1, 0.15) is 13.8 Å². The zero-order chi connectivity index (χ0) is 9.56. The quantitative estimate of drug-likeness (QED) is 0.688. The summed E-state index contributed by atoms with van der Waals surface area (Å²) in [5, 5.41) is 0. The molecule has 0 saturated carbocycles. The van der Waals surface area contributed by atoms with Crippen molar-refractivity contribution < 1.29 is 4.79 Å². The predicted molar refractivity (Wildman–Crippen MR) is 54.3 cm³/mol. The molecule has 0 heterocycles. The average Bonchev–Trinajstić information content (AvgIpc) is 2.02. The van der Waals surface area contributed by atoms with Gasteiger partial charge in [0.15, 0.2) is 0 Å². The number of rotatable bonds is 5. The van der Waals surface area contributed by atoms with Crippen LogP contribution in [0.4, 0.5) is 0 Å². The van der Waals surface area contributed by atoms with Crippen molar-refractivity contribution in [2.45, 2.75) is 19.9 Å². The second kappa shape index (κ2) is 6.31. The molecule has 0 aromatic rings. The second-order valence-corrected chi connectivity index (χ2v) is 3.93. The summed E-state index contributed by atoms with van der Waals surface area (Å²) in [6.07, 6.45) is 0. The normalized spacial score (nSPS) is 12.7. The van der Waals surface area contributed by atoms with E-state index in [2.05, 4.69) is 0 Å². The maximum absolute atomic E-state index is 11.2. The minimum atomic E-state index is 0.176. The molecule has 0 aromatic carbocycles. The van der Waals surface area contributed by atoms with E-state index in [9.17, 15) is 4.79 Å². The van der Waals surface area contributed by atoms with E-state index >= 15 is 0 Å². The molecule has 1 atom stereocenters. The third kappa shape index (κ3) is 5.43. The maximum Gasteiger partial charge on any atom is 0.232 e. The third-order valence-electron chi connectivity index (χ3n) is 1.51. The first kappa shape index (κ1) is 11.8. The second-order valence-electron chi connectivity index (χ2n) is 2.90. The summed E-state index contributed by atoms with van der Waals surface area (Å²) in [7, 11) is 1.81. The van der Waals surface area contributed by atoms with Gasteiger partial charge in [-0.15, -0.1) is 0 Å². The van der Waals surface area contributed by atoms with Gasteiger partial charge >= 0.3 is 0 Å². The van der Waals surface area contributed by atoms with E-state index < -0.39 is 0 Å². The number of thioether (sulfide) groups is 1. The fourth-order valence-electron chi connectivity index (χ4n) is 0.619. The third-order valence-corrected chi connectivity index (χ3v) is 2.72. The summed E-state index contributed by atoms with van der Waals surface area (Å²) < 4.78 is 0. The standard InChI is InChI=1S/C8H18N2OS/c1-4-10(3)8(11)6-12-5-7(2)9/h7H,4-6,9H2,1-3H3. The van der Waals surface area contributed by atoms with Gasteiger partial charge in [0.1, 0.15) is 0 Å². The minimum Gasteiger partial charge on any atom is -0.345 e. The maximum atomic E-state index is 11.2. The molecule has 0 spiro atoms. The number of carbonyl (C=O) groups is 1. The van der Waals surface area contributed by atoms with Crippen LogP contribution in [0.5, 0.6) is 0 Å². The number of carbonyl (C=O) groups excluding carboxylic acids is 1. The molecule has 12 heavy (non-hydrogen) atoms. The number of nitrogens with two attached hydrogens (primary N) is 1. The van der Waals surface area contributed by atoms with E-state index in [1.165, 1.54) is 0 Å². The largest absolute Gasteiger partial charge is 0.345 e. The molecule has 72 valence electrons. The molecule has 4 heteroatoms. The van der Waals surface area contributed by atoms with Gasteiger partial charge in [0.05, 0.1) is 5.75 Å². The summed E-state index contributed by atoms with van der Waals surface area (Å²) in [6.45, 7) is 4.69. The number of nitrogens with zero attached hydrogens (tertiary/aromatic N) is 1. The van der Waals surface area contributed by atoms with Gasteiger partial charge in [-0.25, -0.2) is 0 Å². The van der Waals surface area contributed by atoms with E-state index in [4.69, 9.17) is 5.73 Å². The Kier molecular flexibility index (Phi) is 6.20. The van der Waals surface area contributed by atoms with Crippen molar-refractivity contribution in [2.75, 3.05) is 25.1 Å². The molecule has 0 radical (unpaired) electrons. The molecule has 0 saturated heterocycles. The Morgan fingerprint density at radius 3 is 2.67 bits per heavy atom. The van der Waals surface area contributed by atoms with E-state index in [-0.39, 0.29) is 11.9 Å². The highest BCUT2D eigenvalue weighted by Crippen LogP contribution is 2.02. The van der Waals surface area contributed by atoms with E-state index in [1.807, 2.05) is 20.9 Å². The highest BCUT2D eigenvalue weighted by Gasteiger charge is 2.06. The molecule has 3 nitrogen and oxygen atoms in total. The molecule has 0 fully saturated rings. The van der Waals surface area contributed by atoms with Crippen LogP contribution < -0.4 is 5.73 Å². The average molecular weight is 190 g/mol. The van der Waals surface area contributed by atoms with Crippen LogP contribution in [0, 0.1) is 0 Å². The Morgan fingerprint density at radius 1 is 1.67 bits per heavy atom. The highest BCUT2D eigenvalue weighted by molar-refractivity contribution is 7.99. The summed E-state index contributed by atoms with van der Waals surface area (Å²) in [6, 6.07) is 0.176. The predicted octanol–water partition coefficient (Wildman–Crippen LogP) is 0.545. The Balaban J connectivity index is 3.44. The van der Waals surface area contributed by atoms with Crippen LogP contribution in [-0.2, 0) is 4.79 Å². The first-order valence-electron chi connectivity index (χ1n) is 4.15. The van der Waals surface area contributed by atoms with Crippen molar-refractivity contribution in [1.82, 2.24) is 4.90 Å². The van der Waals surface area contributed by atoms with Gasteiger partial charge < -0.3 is 10.6 Å². The SMILES string of the molecule is CCN(C)C(=O)CSCC(C)N. The lowest BCUT2D eigenvalue weighted by Gasteiger charge is -2.14. The molecule has 0 aliphatic carbocycles. The van der Waals surface area contributed by atoms with Crippen molar-refractivity contribution in [3.8, 4) is 0 Å². The minimum absolute atomic E-state index is 0.176. The molecule has 0 rings (SSSR count). The fraction of sp³-hybridized carbons (Fsp3) is 0.875. The molecular formula is C8H18N2OS. The summed E-state index contributed by atoms with van der Waals surface area (Å²) in [4.78, 5) is 12.9. The summed E-state index contributed by atoms with van der Waals surface area (Å²) in [5.74, 6) is 1.58. The van der Waals surface area contributed by atoms with Crippen molar-refractivity contribution in [3.63, 3.8) is 0 Å². The zero-order valence-electron chi connectivity index (χ0n) is 8.04. The van der Waals surface area contributed by atoms with E-state index in [0.717, 1.165) is 12.3 Å². The molecule has 2 N–H and O–H groups in total. The van der Waals surface area contributed by atoms with Crippen LogP contribution in [-0.4, -0.2) is 41.9 Å². The van der Waals surface area contributed by atoms with Gasteiger partial charge in [-0.1, -0.05) is 0 Å². The molecular weight excluding hydrogens is 172 g/mol. The molecule has 1 unspecified atom stereocenters. The molecule has 1 amide bonds. The number of hydrogen-bond acceptors (Lipinski definition) is 3. The first-order chi connectivity index (χ1) is 5.57. The molecule has 0 aliphatic rings. The fourth-order valence-corrected chi connectivity index (χ4v) is 1.50.